The maximum atomic E-state index is 5.26. The van der Waals surface area contributed by atoms with Crippen molar-refractivity contribution in [1.82, 2.24) is 4.90 Å². The van der Waals surface area contributed by atoms with Crippen molar-refractivity contribution < 1.29 is 4.74 Å². The number of rotatable bonds is 6. The SMILES string of the molecule is CCCN(CC#Cc1ccc2cc(OC)ccc2c1)CCC. The van der Waals surface area contributed by atoms with Crippen molar-refractivity contribution in [3.05, 3.63) is 42.0 Å². The first kappa shape index (κ1) is 16.4. The van der Waals surface area contributed by atoms with Crippen molar-refractivity contribution in [3.8, 4) is 17.6 Å². The molecule has 2 aromatic rings. The van der Waals surface area contributed by atoms with Crippen LogP contribution in [0.2, 0.25) is 0 Å². The van der Waals surface area contributed by atoms with Gasteiger partial charge in [-0.2, -0.15) is 0 Å². The molecule has 0 aliphatic rings. The van der Waals surface area contributed by atoms with Crippen LogP contribution in [0.1, 0.15) is 32.3 Å². The lowest BCUT2D eigenvalue weighted by atomic mass is 10.1. The number of nitrogens with zero attached hydrogens (tertiary/aromatic N) is 1. The normalized spacial score (nSPS) is 10.5. The molecule has 0 fully saturated rings. The minimum atomic E-state index is 0.850. The summed E-state index contributed by atoms with van der Waals surface area (Å²) in [5.74, 6) is 7.49. The summed E-state index contributed by atoms with van der Waals surface area (Å²) in [7, 11) is 1.69. The Morgan fingerprint density at radius 3 is 2.32 bits per heavy atom. The Morgan fingerprint density at radius 1 is 0.955 bits per heavy atom. The topological polar surface area (TPSA) is 12.5 Å². The van der Waals surface area contributed by atoms with Crippen molar-refractivity contribution in [2.45, 2.75) is 26.7 Å². The van der Waals surface area contributed by atoms with E-state index < -0.39 is 0 Å². The van der Waals surface area contributed by atoms with E-state index >= 15 is 0 Å². The van der Waals surface area contributed by atoms with Gasteiger partial charge in [-0.3, -0.25) is 4.90 Å². The second-order valence-electron chi connectivity index (χ2n) is 5.51. The fraction of sp³-hybridized carbons (Fsp3) is 0.400. The maximum Gasteiger partial charge on any atom is 0.119 e. The number of benzene rings is 2. The summed E-state index contributed by atoms with van der Waals surface area (Å²) in [5, 5.41) is 2.38. The van der Waals surface area contributed by atoms with Crippen molar-refractivity contribution >= 4 is 10.8 Å². The first-order valence-corrected chi connectivity index (χ1v) is 8.05. The zero-order valence-electron chi connectivity index (χ0n) is 13.9. The van der Waals surface area contributed by atoms with E-state index in [9.17, 15) is 0 Å². The lowest BCUT2D eigenvalue weighted by Crippen LogP contribution is -2.25. The Morgan fingerprint density at radius 2 is 1.64 bits per heavy atom. The molecule has 0 aliphatic heterocycles. The van der Waals surface area contributed by atoms with Crippen LogP contribution in [0.3, 0.4) is 0 Å². The fourth-order valence-corrected chi connectivity index (χ4v) is 2.58. The molecule has 116 valence electrons. The highest BCUT2D eigenvalue weighted by Gasteiger charge is 2.00. The lowest BCUT2D eigenvalue weighted by Gasteiger charge is -2.17. The summed E-state index contributed by atoms with van der Waals surface area (Å²) in [6.07, 6.45) is 2.36. The quantitative estimate of drug-likeness (QED) is 0.736. The van der Waals surface area contributed by atoms with Crippen LogP contribution < -0.4 is 4.74 Å². The third-order valence-corrected chi connectivity index (χ3v) is 3.66. The summed E-state index contributed by atoms with van der Waals surface area (Å²) in [6, 6.07) is 12.5. The molecule has 0 spiro atoms. The summed E-state index contributed by atoms with van der Waals surface area (Å²) in [4.78, 5) is 2.42. The molecule has 0 amide bonds. The maximum absolute atomic E-state index is 5.26. The molecule has 0 unspecified atom stereocenters. The van der Waals surface area contributed by atoms with E-state index in [1.807, 2.05) is 6.07 Å². The van der Waals surface area contributed by atoms with Crippen molar-refractivity contribution in [3.63, 3.8) is 0 Å². The van der Waals surface area contributed by atoms with Gasteiger partial charge in [0.05, 0.1) is 13.7 Å². The molecule has 0 radical (unpaired) electrons. The van der Waals surface area contributed by atoms with Crippen LogP contribution in [-0.4, -0.2) is 31.6 Å². The second-order valence-corrected chi connectivity index (χ2v) is 5.51. The molecule has 0 saturated heterocycles. The molecule has 0 N–H and O–H groups in total. The van der Waals surface area contributed by atoms with Crippen LogP contribution in [0, 0.1) is 11.8 Å². The molecule has 0 bridgehead atoms. The van der Waals surface area contributed by atoms with Crippen LogP contribution in [0.4, 0.5) is 0 Å². The summed E-state index contributed by atoms with van der Waals surface area (Å²) in [6.45, 7) is 7.53. The van der Waals surface area contributed by atoms with E-state index in [4.69, 9.17) is 4.74 Å². The van der Waals surface area contributed by atoms with E-state index in [0.717, 1.165) is 30.9 Å². The van der Waals surface area contributed by atoms with Crippen LogP contribution in [0.5, 0.6) is 5.75 Å². The molecule has 2 aromatic carbocycles. The average molecular weight is 295 g/mol. The van der Waals surface area contributed by atoms with E-state index in [-0.39, 0.29) is 0 Å². The Kier molecular flexibility index (Phi) is 6.30. The third-order valence-electron chi connectivity index (χ3n) is 3.66. The largest absolute Gasteiger partial charge is 0.497 e. The molecule has 0 heterocycles. The van der Waals surface area contributed by atoms with Crippen LogP contribution >= 0.6 is 0 Å². The Balaban J connectivity index is 2.10. The minimum absolute atomic E-state index is 0.850. The predicted octanol–water partition coefficient (Wildman–Crippen LogP) is 4.32. The van der Waals surface area contributed by atoms with Gasteiger partial charge in [-0.25, -0.2) is 0 Å². The fourth-order valence-electron chi connectivity index (χ4n) is 2.58. The highest BCUT2D eigenvalue weighted by Crippen LogP contribution is 2.21. The van der Waals surface area contributed by atoms with E-state index in [0.29, 0.717) is 0 Å². The predicted molar refractivity (Wildman–Crippen MR) is 94.4 cm³/mol. The van der Waals surface area contributed by atoms with Gasteiger partial charge in [0.2, 0.25) is 0 Å². The summed E-state index contributed by atoms with van der Waals surface area (Å²) < 4.78 is 5.26. The van der Waals surface area contributed by atoms with Gasteiger partial charge in [0, 0.05) is 5.56 Å². The van der Waals surface area contributed by atoms with E-state index in [2.05, 4.69) is 60.9 Å². The molecule has 0 atom stereocenters. The van der Waals surface area contributed by atoms with E-state index in [1.54, 1.807) is 7.11 Å². The number of fused-ring (bicyclic) bond motifs is 1. The molecule has 22 heavy (non-hydrogen) atoms. The number of ether oxygens (including phenoxy) is 1. The van der Waals surface area contributed by atoms with Gasteiger partial charge >= 0.3 is 0 Å². The summed E-state index contributed by atoms with van der Waals surface area (Å²) in [5.41, 5.74) is 1.07. The minimum Gasteiger partial charge on any atom is -0.497 e. The van der Waals surface area contributed by atoms with Gasteiger partial charge in [-0.1, -0.05) is 37.8 Å². The van der Waals surface area contributed by atoms with Crippen LogP contribution in [0.25, 0.3) is 10.8 Å². The standard InChI is InChI=1S/C20H25NO/c1-4-12-21(13-5-2)14-6-7-17-8-9-19-16-20(22-3)11-10-18(19)15-17/h8-11,15-16H,4-5,12-14H2,1-3H3. The zero-order chi connectivity index (χ0) is 15.8. The Hall–Kier alpha value is -1.98. The van der Waals surface area contributed by atoms with Gasteiger partial charge < -0.3 is 4.74 Å². The number of hydrogen-bond donors (Lipinski definition) is 0. The number of hydrogen-bond acceptors (Lipinski definition) is 2. The van der Waals surface area contributed by atoms with Gasteiger partial charge in [0.1, 0.15) is 5.75 Å². The molecule has 2 rings (SSSR count). The molecule has 0 saturated carbocycles. The monoisotopic (exact) mass is 295 g/mol. The molecular weight excluding hydrogens is 270 g/mol. The molecule has 0 aliphatic carbocycles. The molecule has 2 nitrogen and oxygen atoms in total. The van der Waals surface area contributed by atoms with Crippen molar-refractivity contribution in [2.24, 2.45) is 0 Å². The Bertz CT molecular complexity index is 660. The highest BCUT2D eigenvalue weighted by atomic mass is 16.5. The average Bonchev–Trinajstić information content (AvgIpc) is 2.54. The van der Waals surface area contributed by atoms with E-state index in [1.165, 1.54) is 23.6 Å². The van der Waals surface area contributed by atoms with Gasteiger partial charge in [0.25, 0.3) is 0 Å². The molecule has 2 heteroatoms. The number of methoxy groups -OCH3 is 1. The van der Waals surface area contributed by atoms with Crippen LogP contribution in [-0.2, 0) is 0 Å². The molecular formula is C20H25NO. The first-order chi connectivity index (χ1) is 10.8. The van der Waals surface area contributed by atoms with Crippen LogP contribution in [0.15, 0.2) is 36.4 Å². The smallest absolute Gasteiger partial charge is 0.119 e. The first-order valence-electron chi connectivity index (χ1n) is 8.05. The molecule has 0 aromatic heterocycles. The zero-order valence-corrected chi connectivity index (χ0v) is 13.9. The Labute approximate surface area is 134 Å². The lowest BCUT2D eigenvalue weighted by molar-refractivity contribution is 0.308. The van der Waals surface area contributed by atoms with Crippen molar-refractivity contribution in [2.75, 3.05) is 26.7 Å². The highest BCUT2D eigenvalue weighted by molar-refractivity contribution is 5.85. The van der Waals surface area contributed by atoms with Gasteiger partial charge in [0.15, 0.2) is 0 Å². The van der Waals surface area contributed by atoms with Crippen molar-refractivity contribution in [1.29, 1.82) is 0 Å². The van der Waals surface area contributed by atoms with Gasteiger partial charge in [-0.05, 0) is 61.0 Å². The summed E-state index contributed by atoms with van der Waals surface area (Å²) >= 11 is 0. The van der Waals surface area contributed by atoms with Gasteiger partial charge in [-0.15, -0.1) is 0 Å². The second kappa shape index (κ2) is 8.46. The third kappa shape index (κ3) is 4.51.